The molecule has 23 heavy (non-hydrogen) atoms. The van der Waals surface area contributed by atoms with Crippen molar-refractivity contribution in [3.05, 3.63) is 35.6 Å². The van der Waals surface area contributed by atoms with Crippen molar-refractivity contribution in [3.63, 3.8) is 0 Å². The smallest absolute Gasteiger partial charge is 0.226 e. The minimum absolute atomic E-state index is 0.00877. The molecule has 2 atom stereocenters. The first kappa shape index (κ1) is 17.9. The van der Waals surface area contributed by atoms with E-state index in [-0.39, 0.29) is 23.7 Å². The van der Waals surface area contributed by atoms with E-state index < -0.39 is 0 Å². The number of halogens is 1. The van der Waals surface area contributed by atoms with Crippen LogP contribution in [0.1, 0.15) is 31.2 Å². The predicted octanol–water partition coefficient (Wildman–Crippen LogP) is 2.23. The third kappa shape index (κ3) is 5.59. The van der Waals surface area contributed by atoms with Crippen molar-refractivity contribution in [2.75, 3.05) is 27.2 Å². The van der Waals surface area contributed by atoms with Crippen LogP contribution in [-0.4, -0.2) is 48.9 Å². The molecule has 1 aliphatic rings. The summed E-state index contributed by atoms with van der Waals surface area (Å²) in [4.78, 5) is 16.8. The molecule has 0 bridgehead atoms. The summed E-state index contributed by atoms with van der Waals surface area (Å²) in [5.74, 6) is -0.0945. The molecular weight excluding hydrogens is 293 g/mol. The minimum Gasteiger partial charge on any atom is -0.337 e. The average molecular weight is 321 g/mol. The number of nitrogens with two attached hydrogens (primary N) is 1. The SMILES string of the molecule is CN(C)CCN(Cc1cccc(F)c1)C(=O)C1CCCC(N)C1. The lowest BCUT2D eigenvalue weighted by atomic mass is 9.85. The van der Waals surface area contributed by atoms with E-state index in [0.717, 1.165) is 37.8 Å². The predicted molar refractivity (Wildman–Crippen MR) is 90.3 cm³/mol. The molecule has 0 aliphatic heterocycles. The topological polar surface area (TPSA) is 49.6 Å². The summed E-state index contributed by atoms with van der Waals surface area (Å²) in [6, 6.07) is 6.61. The van der Waals surface area contributed by atoms with Gasteiger partial charge in [0.15, 0.2) is 0 Å². The number of likely N-dealkylation sites (N-methyl/N-ethyl adjacent to an activating group) is 1. The summed E-state index contributed by atoms with van der Waals surface area (Å²) in [7, 11) is 3.97. The van der Waals surface area contributed by atoms with Gasteiger partial charge in [0, 0.05) is 31.6 Å². The molecule has 0 heterocycles. The van der Waals surface area contributed by atoms with Gasteiger partial charge in [-0.1, -0.05) is 18.6 Å². The van der Waals surface area contributed by atoms with E-state index in [0.29, 0.717) is 13.1 Å². The Morgan fingerprint density at radius 2 is 2.09 bits per heavy atom. The number of carbonyl (C=O) groups excluding carboxylic acids is 1. The summed E-state index contributed by atoms with van der Waals surface area (Å²) in [6.07, 6.45) is 3.69. The van der Waals surface area contributed by atoms with Gasteiger partial charge in [0.2, 0.25) is 5.91 Å². The van der Waals surface area contributed by atoms with Gasteiger partial charge in [-0.2, -0.15) is 0 Å². The summed E-state index contributed by atoms with van der Waals surface area (Å²) >= 11 is 0. The van der Waals surface area contributed by atoms with E-state index in [1.807, 2.05) is 25.1 Å². The third-order valence-corrected chi connectivity index (χ3v) is 4.46. The maximum absolute atomic E-state index is 13.4. The van der Waals surface area contributed by atoms with Gasteiger partial charge in [-0.05, 0) is 51.1 Å². The number of carbonyl (C=O) groups is 1. The second-order valence-corrected chi connectivity index (χ2v) is 6.82. The van der Waals surface area contributed by atoms with Crippen molar-refractivity contribution in [1.29, 1.82) is 0 Å². The first-order chi connectivity index (χ1) is 11.0. The Morgan fingerprint density at radius 1 is 1.30 bits per heavy atom. The van der Waals surface area contributed by atoms with E-state index in [9.17, 15) is 9.18 Å². The monoisotopic (exact) mass is 321 g/mol. The van der Waals surface area contributed by atoms with E-state index in [1.165, 1.54) is 12.1 Å². The zero-order chi connectivity index (χ0) is 16.8. The van der Waals surface area contributed by atoms with Crippen LogP contribution in [0.5, 0.6) is 0 Å². The van der Waals surface area contributed by atoms with E-state index in [2.05, 4.69) is 4.90 Å². The molecule has 4 nitrogen and oxygen atoms in total. The Bertz CT molecular complexity index is 521. The highest BCUT2D eigenvalue weighted by Gasteiger charge is 2.29. The number of amides is 1. The van der Waals surface area contributed by atoms with E-state index in [1.54, 1.807) is 6.07 Å². The lowest BCUT2D eigenvalue weighted by Crippen LogP contribution is -2.42. The van der Waals surface area contributed by atoms with Crippen LogP contribution in [-0.2, 0) is 11.3 Å². The van der Waals surface area contributed by atoms with Crippen LogP contribution in [0.2, 0.25) is 0 Å². The van der Waals surface area contributed by atoms with Gasteiger partial charge in [0.05, 0.1) is 0 Å². The van der Waals surface area contributed by atoms with Gasteiger partial charge in [0.25, 0.3) is 0 Å². The first-order valence-electron chi connectivity index (χ1n) is 8.39. The molecular formula is C18H28FN3O. The zero-order valence-electron chi connectivity index (χ0n) is 14.2. The first-order valence-corrected chi connectivity index (χ1v) is 8.39. The van der Waals surface area contributed by atoms with Gasteiger partial charge in [0.1, 0.15) is 5.82 Å². The van der Waals surface area contributed by atoms with Crippen LogP contribution in [0.15, 0.2) is 24.3 Å². The van der Waals surface area contributed by atoms with Crippen molar-refractivity contribution in [3.8, 4) is 0 Å². The van der Waals surface area contributed by atoms with Gasteiger partial charge >= 0.3 is 0 Å². The molecule has 1 fully saturated rings. The number of nitrogens with zero attached hydrogens (tertiary/aromatic N) is 2. The molecule has 1 amide bonds. The fourth-order valence-electron chi connectivity index (χ4n) is 3.15. The van der Waals surface area contributed by atoms with Crippen molar-refractivity contribution in [1.82, 2.24) is 9.80 Å². The maximum atomic E-state index is 13.4. The second-order valence-electron chi connectivity index (χ2n) is 6.82. The maximum Gasteiger partial charge on any atom is 0.226 e. The molecule has 0 spiro atoms. The standard InChI is InChI=1S/C18H28FN3O/c1-21(2)9-10-22(13-14-5-3-7-16(19)11-14)18(23)15-6-4-8-17(20)12-15/h3,5,7,11,15,17H,4,6,8-10,12-13,20H2,1-2H3. The summed E-state index contributed by atoms with van der Waals surface area (Å²) in [6.45, 7) is 1.89. The Hall–Kier alpha value is -1.46. The van der Waals surface area contributed by atoms with Crippen LogP contribution < -0.4 is 5.73 Å². The molecule has 2 unspecified atom stereocenters. The average Bonchev–Trinajstić information content (AvgIpc) is 2.50. The number of hydrogen-bond donors (Lipinski definition) is 1. The van der Waals surface area contributed by atoms with Gasteiger partial charge in [-0.15, -0.1) is 0 Å². The number of rotatable bonds is 6. The van der Waals surface area contributed by atoms with Gasteiger partial charge < -0.3 is 15.5 Å². The Kier molecular flexibility index (Phi) is 6.54. The van der Waals surface area contributed by atoms with E-state index >= 15 is 0 Å². The summed E-state index contributed by atoms with van der Waals surface area (Å²) < 4.78 is 13.4. The van der Waals surface area contributed by atoms with Crippen molar-refractivity contribution < 1.29 is 9.18 Å². The van der Waals surface area contributed by atoms with Crippen LogP contribution >= 0.6 is 0 Å². The molecule has 1 aromatic rings. The Labute approximate surface area is 138 Å². The highest BCUT2D eigenvalue weighted by Crippen LogP contribution is 2.25. The van der Waals surface area contributed by atoms with Crippen molar-refractivity contribution in [2.45, 2.75) is 38.3 Å². The normalized spacial score (nSPS) is 21.4. The number of hydrogen-bond acceptors (Lipinski definition) is 3. The second kappa shape index (κ2) is 8.41. The lowest BCUT2D eigenvalue weighted by Gasteiger charge is -2.32. The zero-order valence-corrected chi connectivity index (χ0v) is 14.2. The Morgan fingerprint density at radius 3 is 2.74 bits per heavy atom. The summed E-state index contributed by atoms with van der Waals surface area (Å²) in [5, 5.41) is 0. The fraction of sp³-hybridized carbons (Fsp3) is 0.611. The molecule has 0 aromatic heterocycles. The molecule has 2 rings (SSSR count). The van der Waals surface area contributed by atoms with Gasteiger partial charge in [-0.3, -0.25) is 4.79 Å². The molecule has 1 saturated carbocycles. The van der Waals surface area contributed by atoms with E-state index in [4.69, 9.17) is 5.73 Å². The van der Waals surface area contributed by atoms with Crippen LogP contribution in [0.3, 0.4) is 0 Å². The molecule has 0 radical (unpaired) electrons. The highest BCUT2D eigenvalue weighted by atomic mass is 19.1. The van der Waals surface area contributed by atoms with Crippen molar-refractivity contribution in [2.24, 2.45) is 11.7 Å². The molecule has 128 valence electrons. The lowest BCUT2D eigenvalue weighted by molar-refractivity contribution is -0.137. The molecule has 1 aromatic carbocycles. The van der Waals surface area contributed by atoms with Crippen molar-refractivity contribution >= 4 is 5.91 Å². The van der Waals surface area contributed by atoms with Crippen LogP contribution in [0.4, 0.5) is 4.39 Å². The largest absolute Gasteiger partial charge is 0.337 e. The van der Waals surface area contributed by atoms with Crippen LogP contribution in [0, 0.1) is 11.7 Å². The highest BCUT2D eigenvalue weighted by molar-refractivity contribution is 5.79. The molecule has 1 aliphatic carbocycles. The molecule has 5 heteroatoms. The van der Waals surface area contributed by atoms with Gasteiger partial charge in [-0.25, -0.2) is 4.39 Å². The quantitative estimate of drug-likeness (QED) is 0.874. The molecule has 0 saturated heterocycles. The summed E-state index contributed by atoms with van der Waals surface area (Å²) in [5.41, 5.74) is 6.86. The fourth-order valence-corrected chi connectivity index (χ4v) is 3.15. The third-order valence-electron chi connectivity index (χ3n) is 4.46. The minimum atomic E-state index is -0.262. The molecule has 2 N–H and O–H groups in total. The number of benzene rings is 1. The van der Waals surface area contributed by atoms with Crippen LogP contribution in [0.25, 0.3) is 0 Å². The Balaban J connectivity index is 2.07.